The molecule has 1 aliphatic carbocycles. The number of amides is 1. The van der Waals surface area contributed by atoms with E-state index in [1.807, 2.05) is 13.8 Å². The predicted octanol–water partition coefficient (Wildman–Crippen LogP) is 1.66. The maximum Gasteiger partial charge on any atom is 0.327 e. The van der Waals surface area contributed by atoms with E-state index in [-0.39, 0.29) is 36.1 Å². The van der Waals surface area contributed by atoms with E-state index in [0.29, 0.717) is 23.7 Å². The number of carbonyl (C=O) groups is 3. The Labute approximate surface area is 168 Å². The van der Waals surface area contributed by atoms with Gasteiger partial charge in [0.15, 0.2) is 5.78 Å². The first kappa shape index (κ1) is 21.0. The lowest BCUT2D eigenvalue weighted by Crippen LogP contribution is -2.33. The lowest BCUT2D eigenvalue weighted by molar-refractivity contribution is -0.145. The van der Waals surface area contributed by atoms with Gasteiger partial charge in [0.2, 0.25) is 10.0 Å². The zero-order valence-electron chi connectivity index (χ0n) is 16.5. The molecule has 0 atom stereocenters. The fourth-order valence-electron chi connectivity index (χ4n) is 2.77. The van der Waals surface area contributed by atoms with Gasteiger partial charge in [-0.15, -0.1) is 0 Å². The van der Waals surface area contributed by atoms with Crippen LogP contribution in [-0.4, -0.2) is 47.7 Å². The van der Waals surface area contributed by atoms with E-state index >= 15 is 0 Å². The summed E-state index contributed by atoms with van der Waals surface area (Å²) in [5.74, 6) is -1.41. The molecule has 1 aliphatic rings. The Morgan fingerprint density at radius 2 is 1.97 bits per heavy atom. The molecule has 1 amide bonds. The second-order valence-corrected chi connectivity index (χ2v) is 9.51. The summed E-state index contributed by atoms with van der Waals surface area (Å²) in [4.78, 5) is 36.4. The van der Waals surface area contributed by atoms with Crippen molar-refractivity contribution in [2.45, 2.75) is 45.4 Å². The van der Waals surface area contributed by atoms with Crippen LogP contribution in [0.4, 0.5) is 0 Å². The maximum atomic E-state index is 12.4. The number of hydrogen-bond donors (Lipinski definition) is 1. The van der Waals surface area contributed by atoms with Crippen LogP contribution in [0.3, 0.4) is 0 Å². The molecule has 0 aliphatic heterocycles. The largest absolute Gasteiger partial charge is 0.464 e. The summed E-state index contributed by atoms with van der Waals surface area (Å²) < 4.78 is 32.6. The standard InChI is InChI=1S/C19H23N3O6S/c1-11(2)10-28-17(24)9-22-16-8-13(4-7-15(16)18(20-22)12(3)23)19(25)21-29(26,27)14-5-6-14/h4,7-8,11,14H,5-6,9-10H2,1-3H3,(H,21,25). The van der Waals surface area contributed by atoms with Gasteiger partial charge in [-0.05, 0) is 37.0 Å². The highest BCUT2D eigenvalue weighted by Crippen LogP contribution is 2.28. The molecule has 1 N–H and O–H groups in total. The van der Waals surface area contributed by atoms with E-state index in [9.17, 15) is 22.8 Å². The van der Waals surface area contributed by atoms with Crippen LogP contribution in [0, 0.1) is 5.92 Å². The van der Waals surface area contributed by atoms with E-state index in [0.717, 1.165) is 0 Å². The third-order valence-electron chi connectivity index (χ3n) is 4.40. The number of esters is 1. The lowest BCUT2D eigenvalue weighted by atomic mass is 10.1. The Morgan fingerprint density at radius 3 is 2.55 bits per heavy atom. The molecule has 156 valence electrons. The van der Waals surface area contributed by atoms with Crippen molar-refractivity contribution in [3.05, 3.63) is 29.5 Å². The Hall–Kier alpha value is -2.75. The molecule has 0 radical (unpaired) electrons. The van der Waals surface area contributed by atoms with Crippen molar-refractivity contribution in [3.8, 4) is 0 Å². The summed E-state index contributed by atoms with van der Waals surface area (Å²) in [7, 11) is -3.69. The predicted molar refractivity (Wildman–Crippen MR) is 105 cm³/mol. The number of benzene rings is 1. The van der Waals surface area contributed by atoms with Gasteiger partial charge >= 0.3 is 5.97 Å². The van der Waals surface area contributed by atoms with Crippen LogP contribution < -0.4 is 4.72 Å². The number of rotatable bonds is 8. The zero-order valence-corrected chi connectivity index (χ0v) is 17.3. The highest BCUT2D eigenvalue weighted by Gasteiger charge is 2.37. The van der Waals surface area contributed by atoms with E-state index in [1.54, 1.807) is 0 Å². The molecule has 29 heavy (non-hydrogen) atoms. The number of sulfonamides is 1. The number of fused-ring (bicyclic) bond motifs is 1. The highest BCUT2D eigenvalue weighted by molar-refractivity contribution is 7.91. The number of ether oxygens (including phenoxy) is 1. The van der Waals surface area contributed by atoms with Gasteiger partial charge in [0.25, 0.3) is 5.91 Å². The lowest BCUT2D eigenvalue weighted by Gasteiger charge is -2.08. The van der Waals surface area contributed by atoms with Crippen molar-refractivity contribution in [1.82, 2.24) is 14.5 Å². The van der Waals surface area contributed by atoms with Crippen LogP contribution in [0.5, 0.6) is 0 Å². The van der Waals surface area contributed by atoms with Gasteiger partial charge in [-0.2, -0.15) is 5.10 Å². The summed E-state index contributed by atoms with van der Waals surface area (Å²) in [5, 5.41) is 4.13. The molecule has 10 heteroatoms. The number of aromatic nitrogens is 2. The number of carbonyl (C=O) groups excluding carboxylic acids is 3. The Kier molecular flexibility index (Phi) is 5.74. The SMILES string of the molecule is CC(=O)c1nn(CC(=O)OCC(C)C)c2cc(C(=O)NS(=O)(=O)C3CC3)ccc12. The molecule has 9 nitrogen and oxygen atoms in total. The van der Waals surface area contributed by atoms with Gasteiger partial charge < -0.3 is 4.74 Å². The van der Waals surface area contributed by atoms with Crippen molar-refractivity contribution in [1.29, 1.82) is 0 Å². The fourth-order valence-corrected chi connectivity index (χ4v) is 4.07. The topological polar surface area (TPSA) is 124 Å². The van der Waals surface area contributed by atoms with Crippen LogP contribution in [-0.2, 0) is 26.1 Å². The van der Waals surface area contributed by atoms with Crippen LogP contribution in [0.2, 0.25) is 0 Å². The molecule has 1 heterocycles. The molecule has 0 unspecified atom stereocenters. The first-order valence-electron chi connectivity index (χ1n) is 9.31. The van der Waals surface area contributed by atoms with Crippen LogP contribution in [0.15, 0.2) is 18.2 Å². The number of Topliss-reactive ketones (excluding diaryl/α,β-unsaturated/α-hetero) is 1. The Bertz CT molecular complexity index is 1080. The summed E-state index contributed by atoms with van der Waals surface area (Å²) in [6.45, 7) is 5.19. The minimum Gasteiger partial charge on any atom is -0.464 e. The van der Waals surface area contributed by atoms with Crippen LogP contribution >= 0.6 is 0 Å². The Morgan fingerprint density at radius 1 is 1.28 bits per heavy atom. The number of nitrogens with zero attached hydrogens (tertiary/aromatic N) is 2. The summed E-state index contributed by atoms with van der Waals surface area (Å²) in [5.41, 5.74) is 0.621. The molecule has 2 aromatic rings. The molecule has 3 rings (SSSR count). The van der Waals surface area contributed by atoms with E-state index < -0.39 is 27.1 Å². The van der Waals surface area contributed by atoms with Crippen LogP contribution in [0.25, 0.3) is 10.9 Å². The van der Waals surface area contributed by atoms with Gasteiger partial charge in [0.05, 0.1) is 17.4 Å². The first-order chi connectivity index (χ1) is 13.6. The molecule has 1 saturated carbocycles. The molecular weight excluding hydrogens is 398 g/mol. The maximum absolute atomic E-state index is 12.4. The average molecular weight is 421 g/mol. The van der Waals surface area contributed by atoms with E-state index in [1.165, 1.54) is 29.8 Å². The van der Waals surface area contributed by atoms with E-state index in [2.05, 4.69) is 9.82 Å². The molecule has 0 spiro atoms. The normalized spacial score (nSPS) is 14.2. The molecular formula is C19H23N3O6S. The number of hydrogen-bond acceptors (Lipinski definition) is 7. The van der Waals surface area contributed by atoms with Gasteiger partial charge in [0, 0.05) is 17.9 Å². The van der Waals surface area contributed by atoms with Crippen molar-refractivity contribution >= 4 is 38.6 Å². The minimum atomic E-state index is -3.69. The van der Waals surface area contributed by atoms with Crippen molar-refractivity contribution in [2.24, 2.45) is 5.92 Å². The summed E-state index contributed by atoms with van der Waals surface area (Å²) in [6, 6.07) is 4.37. The van der Waals surface area contributed by atoms with Gasteiger partial charge in [0.1, 0.15) is 12.2 Å². The zero-order chi connectivity index (χ0) is 21.3. The van der Waals surface area contributed by atoms with Gasteiger partial charge in [-0.1, -0.05) is 13.8 Å². The second kappa shape index (κ2) is 7.94. The van der Waals surface area contributed by atoms with Crippen LogP contribution in [0.1, 0.15) is 54.5 Å². The molecule has 1 aromatic carbocycles. The fraction of sp³-hybridized carbons (Fsp3) is 0.474. The monoisotopic (exact) mass is 421 g/mol. The third kappa shape index (κ3) is 4.81. The highest BCUT2D eigenvalue weighted by atomic mass is 32.2. The second-order valence-electron chi connectivity index (χ2n) is 7.55. The van der Waals surface area contributed by atoms with E-state index in [4.69, 9.17) is 4.74 Å². The Balaban J connectivity index is 1.91. The minimum absolute atomic E-state index is 0.0912. The molecule has 1 aromatic heterocycles. The van der Waals surface area contributed by atoms with Crippen molar-refractivity contribution in [2.75, 3.05) is 6.61 Å². The quantitative estimate of drug-likeness (QED) is 0.508. The third-order valence-corrected chi connectivity index (χ3v) is 6.22. The average Bonchev–Trinajstić information content (AvgIpc) is 3.43. The van der Waals surface area contributed by atoms with Crippen molar-refractivity contribution in [3.63, 3.8) is 0 Å². The first-order valence-corrected chi connectivity index (χ1v) is 10.9. The summed E-state index contributed by atoms with van der Waals surface area (Å²) >= 11 is 0. The number of ketones is 1. The number of nitrogens with one attached hydrogen (secondary N) is 1. The van der Waals surface area contributed by atoms with Crippen molar-refractivity contribution < 1.29 is 27.5 Å². The smallest absolute Gasteiger partial charge is 0.327 e. The molecule has 0 bridgehead atoms. The van der Waals surface area contributed by atoms with Gasteiger partial charge in [-0.3, -0.25) is 19.1 Å². The summed E-state index contributed by atoms with van der Waals surface area (Å²) in [6.07, 6.45) is 1.07. The molecule has 0 saturated heterocycles. The van der Waals surface area contributed by atoms with Gasteiger partial charge in [-0.25, -0.2) is 13.1 Å². The molecule has 1 fully saturated rings.